The number of halogens is 1. The van der Waals surface area contributed by atoms with E-state index in [1.807, 2.05) is 6.92 Å². The Balaban J connectivity index is 2.04. The predicted octanol–water partition coefficient (Wildman–Crippen LogP) is 3.91. The highest BCUT2D eigenvalue weighted by molar-refractivity contribution is 5.99. The number of rotatable bonds is 7. The van der Waals surface area contributed by atoms with Gasteiger partial charge >= 0.3 is 0 Å². The zero-order chi connectivity index (χ0) is 14.7. The molecule has 1 fully saturated rings. The Morgan fingerprint density at radius 1 is 1.25 bits per heavy atom. The molecule has 0 aliphatic heterocycles. The summed E-state index contributed by atoms with van der Waals surface area (Å²) in [6.07, 6.45) is 3.50. The maximum atomic E-state index is 12.9. The second kappa shape index (κ2) is 6.49. The Morgan fingerprint density at radius 3 is 2.35 bits per heavy atom. The summed E-state index contributed by atoms with van der Waals surface area (Å²) in [5, 5.41) is 0. The molecular formula is C17H24FNO. The van der Waals surface area contributed by atoms with Crippen LogP contribution in [0.15, 0.2) is 24.3 Å². The number of carbonyl (C=O) groups is 1. The van der Waals surface area contributed by atoms with Crippen LogP contribution in [0.4, 0.5) is 4.39 Å². The topological polar surface area (TPSA) is 20.3 Å². The highest BCUT2D eigenvalue weighted by atomic mass is 19.1. The third kappa shape index (κ3) is 3.89. The van der Waals surface area contributed by atoms with Crippen molar-refractivity contribution in [1.82, 2.24) is 4.90 Å². The van der Waals surface area contributed by atoms with E-state index in [0.717, 1.165) is 13.0 Å². The summed E-state index contributed by atoms with van der Waals surface area (Å²) in [6.45, 7) is 7.36. The minimum atomic E-state index is -0.298. The van der Waals surface area contributed by atoms with Gasteiger partial charge in [-0.25, -0.2) is 4.39 Å². The fourth-order valence-corrected chi connectivity index (χ4v) is 2.51. The average Bonchev–Trinajstić information content (AvgIpc) is 3.23. The highest BCUT2D eigenvalue weighted by Gasteiger charge is 2.34. The van der Waals surface area contributed by atoms with Crippen molar-refractivity contribution < 1.29 is 9.18 Å². The molecular weight excluding hydrogens is 253 g/mol. The Hall–Kier alpha value is -1.22. The molecule has 1 aliphatic rings. The van der Waals surface area contributed by atoms with Crippen LogP contribution in [0.1, 0.15) is 50.4 Å². The molecule has 0 heterocycles. The summed E-state index contributed by atoms with van der Waals surface area (Å²) in [7, 11) is 0. The standard InChI is InChI=1S/C17H24FNO/c1-12(2)10-11-19(16-8-9-16)13(3)17(20)14-4-6-15(18)7-5-14/h4-7,12-13,16H,8-11H2,1-3H3. The number of benzene rings is 1. The molecule has 110 valence electrons. The number of hydrogen-bond acceptors (Lipinski definition) is 2. The lowest BCUT2D eigenvalue weighted by atomic mass is 10.0. The first-order valence-electron chi connectivity index (χ1n) is 7.54. The van der Waals surface area contributed by atoms with Crippen LogP contribution in [0, 0.1) is 11.7 Å². The first-order valence-corrected chi connectivity index (χ1v) is 7.54. The largest absolute Gasteiger partial charge is 0.292 e. The third-order valence-electron chi connectivity index (χ3n) is 3.99. The summed E-state index contributed by atoms with van der Waals surface area (Å²) in [4.78, 5) is 14.8. The summed E-state index contributed by atoms with van der Waals surface area (Å²) in [5.74, 6) is 0.443. The maximum Gasteiger partial charge on any atom is 0.179 e. The van der Waals surface area contributed by atoms with Crippen LogP contribution in [0.2, 0.25) is 0 Å². The van der Waals surface area contributed by atoms with Crippen LogP contribution < -0.4 is 0 Å². The molecule has 0 aromatic heterocycles. The van der Waals surface area contributed by atoms with Crippen LogP contribution in [-0.2, 0) is 0 Å². The molecule has 0 amide bonds. The van der Waals surface area contributed by atoms with Crippen molar-refractivity contribution in [3.8, 4) is 0 Å². The summed E-state index contributed by atoms with van der Waals surface area (Å²) in [5.41, 5.74) is 0.606. The van der Waals surface area contributed by atoms with E-state index in [0.29, 0.717) is 17.5 Å². The molecule has 2 nitrogen and oxygen atoms in total. The van der Waals surface area contributed by atoms with Gasteiger partial charge in [-0.05, 0) is 62.9 Å². The zero-order valence-corrected chi connectivity index (χ0v) is 12.6. The number of hydrogen-bond donors (Lipinski definition) is 0. The van der Waals surface area contributed by atoms with E-state index in [9.17, 15) is 9.18 Å². The molecule has 0 saturated heterocycles. The molecule has 1 aromatic carbocycles. The molecule has 1 atom stereocenters. The van der Waals surface area contributed by atoms with Crippen LogP contribution in [0.3, 0.4) is 0 Å². The second-order valence-electron chi connectivity index (χ2n) is 6.20. The second-order valence-corrected chi connectivity index (χ2v) is 6.20. The quantitative estimate of drug-likeness (QED) is 0.704. The Kier molecular flexibility index (Phi) is 4.92. The van der Waals surface area contributed by atoms with E-state index in [1.54, 1.807) is 12.1 Å². The zero-order valence-electron chi connectivity index (χ0n) is 12.6. The van der Waals surface area contributed by atoms with Gasteiger partial charge in [-0.1, -0.05) is 13.8 Å². The molecule has 0 N–H and O–H groups in total. The fourth-order valence-electron chi connectivity index (χ4n) is 2.51. The van der Waals surface area contributed by atoms with Gasteiger partial charge in [-0.2, -0.15) is 0 Å². The number of carbonyl (C=O) groups excluding carboxylic acids is 1. The van der Waals surface area contributed by atoms with Gasteiger partial charge in [0.15, 0.2) is 5.78 Å². The van der Waals surface area contributed by atoms with Crippen molar-refractivity contribution >= 4 is 5.78 Å². The van der Waals surface area contributed by atoms with Gasteiger partial charge in [-0.3, -0.25) is 9.69 Å². The molecule has 2 rings (SSSR count). The van der Waals surface area contributed by atoms with E-state index in [1.165, 1.54) is 25.0 Å². The molecule has 0 spiro atoms. The van der Waals surface area contributed by atoms with Crippen molar-refractivity contribution in [2.24, 2.45) is 5.92 Å². The van der Waals surface area contributed by atoms with Gasteiger partial charge in [0, 0.05) is 11.6 Å². The number of ketones is 1. The van der Waals surface area contributed by atoms with Gasteiger partial charge in [0.2, 0.25) is 0 Å². The minimum absolute atomic E-state index is 0.0978. The average molecular weight is 277 g/mol. The summed E-state index contributed by atoms with van der Waals surface area (Å²) < 4.78 is 12.9. The van der Waals surface area contributed by atoms with E-state index in [2.05, 4.69) is 18.7 Å². The minimum Gasteiger partial charge on any atom is -0.292 e. The molecule has 3 heteroatoms. The lowest BCUT2D eigenvalue weighted by molar-refractivity contribution is 0.0818. The van der Waals surface area contributed by atoms with Crippen LogP contribution in [0.25, 0.3) is 0 Å². The maximum absolute atomic E-state index is 12.9. The summed E-state index contributed by atoms with van der Waals surface area (Å²) in [6, 6.07) is 6.33. The van der Waals surface area contributed by atoms with Crippen molar-refractivity contribution in [3.63, 3.8) is 0 Å². The molecule has 1 saturated carbocycles. The molecule has 1 unspecified atom stereocenters. The van der Waals surface area contributed by atoms with Crippen molar-refractivity contribution in [3.05, 3.63) is 35.6 Å². The lowest BCUT2D eigenvalue weighted by Crippen LogP contribution is -2.41. The van der Waals surface area contributed by atoms with Gasteiger partial charge in [0.1, 0.15) is 5.82 Å². The van der Waals surface area contributed by atoms with Crippen LogP contribution in [-0.4, -0.2) is 29.3 Å². The monoisotopic (exact) mass is 277 g/mol. The van der Waals surface area contributed by atoms with E-state index < -0.39 is 0 Å². The molecule has 20 heavy (non-hydrogen) atoms. The molecule has 1 aliphatic carbocycles. The summed E-state index contributed by atoms with van der Waals surface area (Å²) >= 11 is 0. The van der Waals surface area contributed by atoms with Crippen molar-refractivity contribution in [2.75, 3.05) is 6.54 Å². The normalized spacial score (nSPS) is 16.7. The Labute approximate surface area is 121 Å². The smallest absolute Gasteiger partial charge is 0.179 e. The number of Topliss-reactive ketones (excluding diaryl/α,β-unsaturated/α-hetero) is 1. The number of nitrogens with zero attached hydrogens (tertiary/aromatic N) is 1. The third-order valence-corrected chi connectivity index (χ3v) is 3.99. The molecule has 0 radical (unpaired) electrons. The molecule has 0 bridgehead atoms. The Morgan fingerprint density at radius 2 is 1.85 bits per heavy atom. The lowest BCUT2D eigenvalue weighted by Gasteiger charge is -2.28. The first kappa shape index (κ1) is 15.2. The predicted molar refractivity (Wildman–Crippen MR) is 79.4 cm³/mol. The fraction of sp³-hybridized carbons (Fsp3) is 0.588. The van der Waals surface area contributed by atoms with Gasteiger partial charge < -0.3 is 0 Å². The van der Waals surface area contributed by atoms with Crippen LogP contribution in [0.5, 0.6) is 0 Å². The Bertz CT molecular complexity index is 451. The van der Waals surface area contributed by atoms with E-state index in [-0.39, 0.29) is 17.6 Å². The van der Waals surface area contributed by atoms with Crippen molar-refractivity contribution in [1.29, 1.82) is 0 Å². The van der Waals surface area contributed by atoms with E-state index >= 15 is 0 Å². The SMILES string of the molecule is CC(C)CCN(C1CC1)C(C)C(=O)c1ccc(F)cc1. The van der Waals surface area contributed by atoms with Gasteiger partial charge in [0.05, 0.1) is 6.04 Å². The molecule has 1 aromatic rings. The van der Waals surface area contributed by atoms with Crippen LogP contribution >= 0.6 is 0 Å². The van der Waals surface area contributed by atoms with Crippen molar-refractivity contribution in [2.45, 2.75) is 52.1 Å². The van der Waals surface area contributed by atoms with E-state index in [4.69, 9.17) is 0 Å². The highest BCUT2D eigenvalue weighted by Crippen LogP contribution is 2.30. The van der Waals surface area contributed by atoms with Gasteiger partial charge in [-0.15, -0.1) is 0 Å². The van der Waals surface area contributed by atoms with Gasteiger partial charge in [0.25, 0.3) is 0 Å². The first-order chi connectivity index (χ1) is 9.49.